The van der Waals surface area contributed by atoms with E-state index in [2.05, 4.69) is 28.2 Å². The van der Waals surface area contributed by atoms with E-state index in [4.69, 9.17) is 4.74 Å². The molecule has 7 heteroatoms. The van der Waals surface area contributed by atoms with Crippen LogP contribution in [0.1, 0.15) is 37.8 Å². The van der Waals surface area contributed by atoms with Crippen molar-refractivity contribution in [2.24, 2.45) is 0 Å². The molecule has 0 saturated carbocycles. The number of ether oxygens (including phenoxy) is 1. The summed E-state index contributed by atoms with van der Waals surface area (Å²) < 4.78 is 6.33. The predicted octanol–water partition coefficient (Wildman–Crippen LogP) is 5.02. The lowest BCUT2D eigenvalue weighted by Gasteiger charge is -2.29. The molecule has 0 unspecified atom stereocenters. The molecule has 0 spiro atoms. The van der Waals surface area contributed by atoms with E-state index in [1.165, 1.54) is 0 Å². The van der Waals surface area contributed by atoms with Crippen molar-refractivity contribution in [2.45, 2.75) is 45.0 Å². The van der Waals surface area contributed by atoms with Crippen molar-refractivity contribution in [1.82, 2.24) is 10.2 Å². The van der Waals surface area contributed by atoms with Gasteiger partial charge in [0.15, 0.2) is 0 Å². The molecule has 168 valence electrons. The van der Waals surface area contributed by atoms with E-state index in [1.807, 2.05) is 48.5 Å². The molecular weight excluding hydrogens is 476 g/mol. The normalized spacial score (nSPS) is 11.6. The minimum atomic E-state index is -0.552. The van der Waals surface area contributed by atoms with Crippen LogP contribution in [0.3, 0.4) is 0 Å². The lowest BCUT2D eigenvalue weighted by Crippen LogP contribution is -2.48. The van der Waals surface area contributed by atoms with Crippen LogP contribution in [0.2, 0.25) is 0 Å². The number of unbranched alkanes of at least 4 members (excludes halogenated alkanes) is 1. The number of amides is 2. The van der Waals surface area contributed by atoms with Crippen LogP contribution < -0.4 is 10.1 Å². The number of halogens is 1. The summed E-state index contributed by atoms with van der Waals surface area (Å²) in [6.45, 7) is 4.85. The van der Waals surface area contributed by atoms with Crippen LogP contribution >= 0.6 is 27.7 Å². The second kappa shape index (κ2) is 13.4. The summed E-state index contributed by atoms with van der Waals surface area (Å²) in [4.78, 5) is 27.4. The van der Waals surface area contributed by atoms with Crippen molar-refractivity contribution in [1.29, 1.82) is 0 Å². The minimum absolute atomic E-state index is 0.0527. The number of hydrogen-bond donors (Lipinski definition) is 1. The standard InChI is InChI=1S/C24H31BrN2O3S/c1-4-5-13-26-24(29)18(2)27(15-20-7-6-8-22(14-20)30-3)23(28)17-31-16-19-9-11-21(25)12-10-19/h6-12,14,18H,4-5,13,15-17H2,1-3H3,(H,26,29)/t18-/m1/s1. The third-order valence-electron chi connectivity index (χ3n) is 4.89. The Hall–Kier alpha value is -1.99. The van der Waals surface area contributed by atoms with Gasteiger partial charge in [-0.3, -0.25) is 9.59 Å². The van der Waals surface area contributed by atoms with E-state index in [0.717, 1.165) is 39.9 Å². The molecule has 2 amide bonds. The van der Waals surface area contributed by atoms with Gasteiger partial charge in [0.2, 0.25) is 11.8 Å². The fourth-order valence-electron chi connectivity index (χ4n) is 3.01. The zero-order valence-electron chi connectivity index (χ0n) is 18.4. The Bertz CT molecular complexity index is 845. The molecule has 1 N–H and O–H groups in total. The highest BCUT2D eigenvalue weighted by Gasteiger charge is 2.26. The minimum Gasteiger partial charge on any atom is -0.497 e. The van der Waals surface area contributed by atoms with Gasteiger partial charge in [0.1, 0.15) is 11.8 Å². The van der Waals surface area contributed by atoms with Gasteiger partial charge >= 0.3 is 0 Å². The predicted molar refractivity (Wildman–Crippen MR) is 131 cm³/mol. The summed E-state index contributed by atoms with van der Waals surface area (Å²) in [6.07, 6.45) is 1.93. The number of hydrogen-bond acceptors (Lipinski definition) is 4. The van der Waals surface area contributed by atoms with Crippen LogP contribution in [-0.2, 0) is 21.9 Å². The second-order valence-electron chi connectivity index (χ2n) is 7.31. The van der Waals surface area contributed by atoms with Gasteiger partial charge in [-0.1, -0.05) is 53.5 Å². The number of thioether (sulfide) groups is 1. The highest BCUT2D eigenvalue weighted by atomic mass is 79.9. The van der Waals surface area contributed by atoms with Gasteiger partial charge < -0.3 is 15.0 Å². The number of benzene rings is 2. The summed E-state index contributed by atoms with van der Waals surface area (Å²) in [6, 6.07) is 15.1. The topological polar surface area (TPSA) is 58.6 Å². The number of nitrogens with one attached hydrogen (secondary N) is 1. The van der Waals surface area contributed by atoms with Crippen LogP contribution in [0.4, 0.5) is 0 Å². The Morgan fingerprint density at radius 3 is 2.58 bits per heavy atom. The van der Waals surface area contributed by atoms with Gasteiger partial charge in [0.05, 0.1) is 12.9 Å². The molecule has 0 radical (unpaired) electrons. The lowest BCUT2D eigenvalue weighted by molar-refractivity contribution is -0.138. The van der Waals surface area contributed by atoms with Gasteiger partial charge in [0.25, 0.3) is 0 Å². The van der Waals surface area contributed by atoms with Crippen LogP contribution in [0.5, 0.6) is 5.75 Å². The molecule has 0 fully saturated rings. The van der Waals surface area contributed by atoms with Crippen molar-refractivity contribution in [3.05, 3.63) is 64.1 Å². The molecule has 5 nitrogen and oxygen atoms in total. The third kappa shape index (κ3) is 8.57. The zero-order chi connectivity index (χ0) is 22.6. The maximum atomic E-state index is 13.1. The largest absolute Gasteiger partial charge is 0.497 e. The molecule has 2 rings (SSSR count). The van der Waals surface area contributed by atoms with E-state index in [9.17, 15) is 9.59 Å². The molecule has 0 saturated heterocycles. The van der Waals surface area contributed by atoms with Crippen LogP contribution in [0, 0.1) is 0 Å². The number of rotatable bonds is 12. The summed E-state index contributed by atoms with van der Waals surface area (Å²) in [5, 5.41) is 2.95. The molecule has 0 aliphatic heterocycles. The summed E-state index contributed by atoms with van der Waals surface area (Å²) in [7, 11) is 1.62. The van der Waals surface area contributed by atoms with Gasteiger partial charge in [-0.15, -0.1) is 11.8 Å². The molecule has 0 heterocycles. The highest BCUT2D eigenvalue weighted by molar-refractivity contribution is 9.10. The van der Waals surface area contributed by atoms with Crippen molar-refractivity contribution >= 4 is 39.5 Å². The number of nitrogens with zero attached hydrogens (tertiary/aromatic N) is 1. The van der Waals surface area contributed by atoms with Crippen LogP contribution in [0.15, 0.2) is 53.0 Å². The fourth-order valence-corrected chi connectivity index (χ4v) is 4.14. The number of carbonyl (C=O) groups excluding carboxylic acids is 2. The zero-order valence-corrected chi connectivity index (χ0v) is 20.8. The fraction of sp³-hybridized carbons (Fsp3) is 0.417. The maximum Gasteiger partial charge on any atom is 0.242 e. The smallest absolute Gasteiger partial charge is 0.242 e. The summed E-state index contributed by atoms with van der Waals surface area (Å²) in [5.41, 5.74) is 2.09. The molecule has 2 aromatic rings. The van der Waals surface area contributed by atoms with Gasteiger partial charge in [-0.2, -0.15) is 0 Å². The number of methoxy groups -OCH3 is 1. The average Bonchev–Trinajstić information content (AvgIpc) is 2.78. The van der Waals surface area contributed by atoms with Gasteiger partial charge in [-0.25, -0.2) is 0 Å². The summed E-state index contributed by atoms with van der Waals surface area (Å²) in [5.74, 6) is 1.61. The summed E-state index contributed by atoms with van der Waals surface area (Å²) >= 11 is 4.99. The Morgan fingerprint density at radius 2 is 1.90 bits per heavy atom. The maximum absolute atomic E-state index is 13.1. The van der Waals surface area contributed by atoms with E-state index in [1.54, 1.807) is 30.7 Å². The number of carbonyl (C=O) groups is 2. The first-order chi connectivity index (χ1) is 14.9. The Balaban J connectivity index is 2.06. The quantitative estimate of drug-likeness (QED) is 0.410. The molecule has 0 bridgehead atoms. The molecule has 2 aromatic carbocycles. The van der Waals surface area contributed by atoms with Crippen molar-refractivity contribution in [3.8, 4) is 5.75 Å². The lowest BCUT2D eigenvalue weighted by atomic mass is 10.1. The van der Waals surface area contributed by atoms with Crippen molar-refractivity contribution < 1.29 is 14.3 Å². The van der Waals surface area contributed by atoms with Gasteiger partial charge in [0, 0.05) is 23.3 Å². The first kappa shape index (κ1) is 25.3. The van der Waals surface area contributed by atoms with Crippen LogP contribution in [-0.4, -0.2) is 42.2 Å². The van der Waals surface area contributed by atoms with E-state index in [-0.39, 0.29) is 11.8 Å². The Kier molecular flexibility index (Phi) is 10.9. The third-order valence-corrected chi connectivity index (χ3v) is 6.41. The Labute approximate surface area is 198 Å². The second-order valence-corrected chi connectivity index (χ2v) is 9.21. The SMILES string of the molecule is CCCCNC(=O)[C@@H](C)N(Cc1cccc(OC)c1)C(=O)CSCc1ccc(Br)cc1. The highest BCUT2D eigenvalue weighted by Crippen LogP contribution is 2.19. The molecular formula is C24H31BrN2O3S. The van der Waals surface area contributed by atoms with E-state index < -0.39 is 6.04 Å². The molecule has 0 aromatic heterocycles. The van der Waals surface area contributed by atoms with E-state index >= 15 is 0 Å². The monoisotopic (exact) mass is 506 g/mol. The van der Waals surface area contributed by atoms with E-state index in [0.29, 0.717) is 18.8 Å². The van der Waals surface area contributed by atoms with Crippen LogP contribution in [0.25, 0.3) is 0 Å². The molecule has 0 aliphatic carbocycles. The first-order valence-corrected chi connectivity index (χ1v) is 12.4. The first-order valence-electron chi connectivity index (χ1n) is 10.5. The Morgan fingerprint density at radius 1 is 1.16 bits per heavy atom. The molecule has 31 heavy (non-hydrogen) atoms. The molecule has 0 aliphatic rings. The van der Waals surface area contributed by atoms with Crippen molar-refractivity contribution in [2.75, 3.05) is 19.4 Å². The average molecular weight is 507 g/mol. The molecule has 1 atom stereocenters. The van der Waals surface area contributed by atoms with Crippen molar-refractivity contribution in [3.63, 3.8) is 0 Å². The van der Waals surface area contributed by atoms with Gasteiger partial charge in [-0.05, 0) is 48.7 Å².